The number of amides is 1. The van der Waals surface area contributed by atoms with Crippen LogP contribution < -0.4 is 5.32 Å². The summed E-state index contributed by atoms with van der Waals surface area (Å²) in [6, 6.07) is -1.19. The Morgan fingerprint density at radius 1 is 0.486 bits per heavy atom. The number of aliphatic hydroxyl groups is 7. The first-order chi connectivity index (χ1) is 34.2. The van der Waals surface area contributed by atoms with Crippen molar-refractivity contribution in [3.63, 3.8) is 0 Å². The van der Waals surface area contributed by atoms with Gasteiger partial charge in [-0.05, 0) is 51.4 Å². The highest BCUT2D eigenvalue weighted by molar-refractivity contribution is 5.80. The molecule has 0 aliphatic carbocycles. The van der Waals surface area contributed by atoms with Crippen LogP contribution in [0.1, 0.15) is 277 Å². The zero-order chi connectivity index (χ0) is 51.1. The molecule has 0 spiro atoms. The average Bonchev–Trinajstić information content (AvgIpc) is 3.36. The Morgan fingerprint density at radius 3 is 1.27 bits per heavy atom. The van der Waals surface area contributed by atoms with E-state index in [1.54, 1.807) is 0 Å². The van der Waals surface area contributed by atoms with Gasteiger partial charge in [0.15, 0.2) is 6.29 Å². The van der Waals surface area contributed by atoms with Crippen LogP contribution in [-0.4, -0.2) is 110 Å². The van der Waals surface area contributed by atoms with Crippen LogP contribution in [0.3, 0.4) is 0 Å². The lowest BCUT2D eigenvalue weighted by atomic mass is 9.98. The minimum Gasteiger partial charge on any atom is -0.394 e. The van der Waals surface area contributed by atoms with Gasteiger partial charge >= 0.3 is 0 Å². The predicted octanol–water partition coefficient (Wildman–Crippen LogP) is 12.5. The molecular weight excluding hydrogens is 883 g/mol. The third-order valence-corrected chi connectivity index (χ3v) is 14.5. The van der Waals surface area contributed by atoms with Crippen molar-refractivity contribution in [2.75, 3.05) is 13.2 Å². The number of hydrogen-bond donors (Lipinski definition) is 8. The third kappa shape index (κ3) is 36.5. The lowest BCUT2D eigenvalue weighted by molar-refractivity contribution is -0.303. The molecule has 0 aromatic rings. The van der Waals surface area contributed by atoms with Crippen LogP contribution in [0.4, 0.5) is 0 Å². The van der Waals surface area contributed by atoms with E-state index in [1.807, 2.05) is 0 Å². The first kappa shape index (κ1) is 66.6. The predicted molar refractivity (Wildman–Crippen MR) is 289 cm³/mol. The SMILES string of the molecule is CCCCCCCCCCCCCCCCCCCCCC/C=C/CC/C=C/CCCC(O)C(O)C(COC1OC(CO)C(O)C(O)C1O)NC(=O)C(O)CCCCCCCCCCCCCCCC. The molecule has 1 aliphatic rings. The maximum atomic E-state index is 13.1. The van der Waals surface area contributed by atoms with Crippen molar-refractivity contribution < 1.29 is 50.0 Å². The van der Waals surface area contributed by atoms with Crippen molar-refractivity contribution in [3.8, 4) is 0 Å². The molecule has 9 unspecified atom stereocenters. The number of ether oxygens (including phenoxy) is 2. The lowest BCUT2D eigenvalue weighted by Gasteiger charge is -2.40. The largest absolute Gasteiger partial charge is 0.394 e. The van der Waals surface area contributed by atoms with Crippen LogP contribution in [0.25, 0.3) is 0 Å². The molecule has 414 valence electrons. The van der Waals surface area contributed by atoms with Gasteiger partial charge in [-0.1, -0.05) is 250 Å². The second-order valence-corrected chi connectivity index (χ2v) is 21.1. The molecule has 1 fully saturated rings. The van der Waals surface area contributed by atoms with E-state index >= 15 is 0 Å². The monoisotopic (exact) mass is 996 g/mol. The van der Waals surface area contributed by atoms with Crippen LogP contribution in [0.15, 0.2) is 24.3 Å². The number of hydrogen-bond acceptors (Lipinski definition) is 10. The quantitative estimate of drug-likeness (QED) is 0.0215. The van der Waals surface area contributed by atoms with Crippen molar-refractivity contribution in [2.45, 2.75) is 332 Å². The first-order valence-corrected chi connectivity index (χ1v) is 29.7. The van der Waals surface area contributed by atoms with E-state index in [1.165, 1.54) is 193 Å². The van der Waals surface area contributed by atoms with Gasteiger partial charge in [0.05, 0.1) is 25.4 Å². The Kier molecular flexibility index (Phi) is 46.2. The smallest absolute Gasteiger partial charge is 0.249 e. The minimum absolute atomic E-state index is 0.249. The van der Waals surface area contributed by atoms with Crippen molar-refractivity contribution >= 4 is 5.91 Å². The fourth-order valence-corrected chi connectivity index (χ4v) is 9.64. The number of nitrogens with one attached hydrogen (secondary N) is 1. The van der Waals surface area contributed by atoms with E-state index in [0.29, 0.717) is 19.3 Å². The molecule has 8 N–H and O–H groups in total. The van der Waals surface area contributed by atoms with Crippen LogP contribution in [0.2, 0.25) is 0 Å². The molecule has 11 nitrogen and oxygen atoms in total. The van der Waals surface area contributed by atoms with Gasteiger partial charge in [-0.15, -0.1) is 0 Å². The molecule has 11 heteroatoms. The highest BCUT2D eigenvalue weighted by Crippen LogP contribution is 2.23. The standard InChI is InChI=1S/C59H113NO10/c1-3-5-7-9-11-13-15-17-19-20-21-22-23-24-25-26-27-28-29-30-31-32-33-35-36-38-40-42-44-46-51(62)54(64)50(49-69-59-57(67)56(66)55(65)53(48-61)70-59)60-58(68)52(63)47-45-43-41-39-37-34-18-16-14-12-10-8-6-4-2/h32-33,38,40,50-57,59,61-67H,3-31,34-37,39,41-49H2,1-2H3,(H,60,68)/b33-32+,40-38+. The molecule has 0 aromatic heterocycles. The molecule has 9 atom stereocenters. The minimum atomic E-state index is -1.67. The fourth-order valence-electron chi connectivity index (χ4n) is 9.64. The second-order valence-electron chi connectivity index (χ2n) is 21.1. The van der Waals surface area contributed by atoms with Gasteiger partial charge in [-0.25, -0.2) is 0 Å². The van der Waals surface area contributed by atoms with E-state index < -0.39 is 74.2 Å². The molecule has 1 heterocycles. The molecule has 1 saturated heterocycles. The zero-order valence-corrected chi connectivity index (χ0v) is 45.3. The number of unbranched alkanes of at least 4 members (excludes halogenated alkanes) is 35. The van der Waals surface area contributed by atoms with Crippen LogP contribution in [-0.2, 0) is 14.3 Å². The van der Waals surface area contributed by atoms with Gasteiger partial charge in [-0.3, -0.25) is 4.79 Å². The summed E-state index contributed by atoms with van der Waals surface area (Å²) in [5.74, 6) is -0.707. The molecule has 0 aromatic carbocycles. The van der Waals surface area contributed by atoms with E-state index in [4.69, 9.17) is 9.47 Å². The Labute approximate surface area is 429 Å². The van der Waals surface area contributed by atoms with Crippen molar-refractivity contribution in [3.05, 3.63) is 24.3 Å². The Bertz CT molecular complexity index is 1190. The molecule has 1 amide bonds. The van der Waals surface area contributed by atoms with Gasteiger partial charge in [0.1, 0.15) is 36.6 Å². The first-order valence-electron chi connectivity index (χ1n) is 29.7. The normalized spacial score (nSPS) is 20.4. The van der Waals surface area contributed by atoms with E-state index in [2.05, 4.69) is 43.5 Å². The molecule has 0 radical (unpaired) electrons. The molecule has 1 rings (SSSR count). The Morgan fingerprint density at radius 2 is 0.857 bits per heavy atom. The number of carbonyl (C=O) groups excluding carboxylic acids is 1. The average molecular weight is 997 g/mol. The lowest BCUT2D eigenvalue weighted by Crippen LogP contribution is -2.60. The van der Waals surface area contributed by atoms with Crippen LogP contribution >= 0.6 is 0 Å². The molecule has 70 heavy (non-hydrogen) atoms. The number of rotatable bonds is 51. The molecule has 0 saturated carbocycles. The van der Waals surface area contributed by atoms with Gasteiger partial charge in [-0.2, -0.15) is 0 Å². The van der Waals surface area contributed by atoms with Crippen molar-refractivity contribution in [1.29, 1.82) is 0 Å². The highest BCUT2D eigenvalue weighted by atomic mass is 16.7. The number of carbonyl (C=O) groups is 1. The van der Waals surface area contributed by atoms with Crippen molar-refractivity contribution in [1.82, 2.24) is 5.32 Å². The summed E-state index contributed by atoms with van der Waals surface area (Å²) in [5.41, 5.74) is 0. The Balaban J connectivity index is 2.28. The van der Waals surface area contributed by atoms with Gasteiger partial charge < -0.3 is 50.5 Å². The Hall–Kier alpha value is -1.41. The number of allylic oxidation sites excluding steroid dienone is 4. The van der Waals surface area contributed by atoms with E-state index in [-0.39, 0.29) is 12.8 Å². The maximum absolute atomic E-state index is 13.1. The fraction of sp³-hybridized carbons (Fsp3) is 0.915. The van der Waals surface area contributed by atoms with E-state index in [9.17, 15) is 40.5 Å². The molecule has 1 aliphatic heterocycles. The van der Waals surface area contributed by atoms with Gasteiger partial charge in [0.25, 0.3) is 0 Å². The third-order valence-electron chi connectivity index (χ3n) is 14.5. The summed E-state index contributed by atoms with van der Waals surface area (Å²) in [6.07, 6.45) is 46.8. The summed E-state index contributed by atoms with van der Waals surface area (Å²) >= 11 is 0. The molecular formula is C59H113NO10. The number of aliphatic hydroxyl groups excluding tert-OH is 7. The van der Waals surface area contributed by atoms with Gasteiger partial charge in [0, 0.05) is 0 Å². The summed E-state index contributed by atoms with van der Waals surface area (Å²) in [4.78, 5) is 13.1. The highest BCUT2D eigenvalue weighted by Gasteiger charge is 2.44. The van der Waals surface area contributed by atoms with Gasteiger partial charge in [0.2, 0.25) is 5.91 Å². The second kappa shape index (κ2) is 48.5. The van der Waals surface area contributed by atoms with Crippen LogP contribution in [0.5, 0.6) is 0 Å². The summed E-state index contributed by atoms with van der Waals surface area (Å²) in [7, 11) is 0. The topological polar surface area (TPSA) is 189 Å². The molecule has 0 bridgehead atoms. The van der Waals surface area contributed by atoms with Crippen molar-refractivity contribution in [2.24, 2.45) is 0 Å². The van der Waals surface area contributed by atoms with Crippen LogP contribution in [0, 0.1) is 0 Å². The van der Waals surface area contributed by atoms with E-state index in [0.717, 1.165) is 38.5 Å². The summed E-state index contributed by atoms with van der Waals surface area (Å²) in [6.45, 7) is 3.46. The summed E-state index contributed by atoms with van der Waals surface area (Å²) in [5, 5.41) is 76.0. The maximum Gasteiger partial charge on any atom is 0.249 e. The zero-order valence-electron chi connectivity index (χ0n) is 45.3. The summed E-state index contributed by atoms with van der Waals surface area (Å²) < 4.78 is 11.1.